The van der Waals surface area contributed by atoms with E-state index >= 15 is 0 Å². The number of rotatable bonds is 1. The molecule has 0 N–H and O–H groups in total. The van der Waals surface area contributed by atoms with Crippen LogP contribution in [0.15, 0.2) is 29.1 Å². The van der Waals surface area contributed by atoms with Crippen LogP contribution in [0.5, 0.6) is 0 Å². The van der Waals surface area contributed by atoms with Gasteiger partial charge in [0.05, 0.1) is 11.2 Å². The zero-order valence-electron chi connectivity index (χ0n) is 8.69. The Bertz CT molecular complexity index is 407. The Hall–Kier alpha value is -1.09. The van der Waals surface area contributed by atoms with Gasteiger partial charge in [-0.15, -0.1) is 0 Å². The van der Waals surface area contributed by atoms with Gasteiger partial charge in [0.15, 0.2) is 0 Å². The molecule has 0 aromatic carbocycles. The van der Waals surface area contributed by atoms with E-state index in [0.717, 1.165) is 0 Å². The van der Waals surface area contributed by atoms with Gasteiger partial charge in [0, 0.05) is 17.1 Å². The zero-order chi connectivity index (χ0) is 10.2. The van der Waals surface area contributed by atoms with Crippen LogP contribution >= 0.6 is 11.3 Å². The van der Waals surface area contributed by atoms with Crippen LogP contribution in [0.4, 0.5) is 0 Å². The highest BCUT2D eigenvalue weighted by molar-refractivity contribution is 7.08. The van der Waals surface area contributed by atoms with Crippen molar-refractivity contribution in [3.63, 3.8) is 0 Å². The molecule has 0 spiro atoms. The second kappa shape index (κ2) is 3.24. The quantitative estimate of drug-likeness (QED) is 0.699. The molecule has 3 heteroatoms. The summed E-state index contributed by atoms with van der Waals surface area (Å²) in [5.74, 6) is 0. The Balaban J connectivity index is 2.51. The monoisotopic (exact) mass is 206 g/mol. The molecule has 2 aromatic heterocycles. The van der Waals surface area contributed by atoms with E-state index in [1.165, 1.54) is 11.3 Å². The van der Waals surface area contributed by atoms with Crippen molar-refractivity contribution in [2.45, 2.75) is 26.3 Å². The average Bonchev–Trinajstić information content (AvgIpc) is 2.73. The number of hydrogen-bond donors (Lipinski definition) is 0. The Morgan fingerprint density at radius 2 is 2.07 bits per heavy atom. The fraction of sp³-hybridized carbons (Fsp3) is 0.364. The van der Waals surface area contributed by atoms with Crippen LogP contribution in [0.1, 0.15) is 20.8 Å². The third-order valence-corrected chi connectivity index (χ3v) is 2.78. The molecule has 0 aliphatic rings. The normalized spacial score (nSPS) is 11.9. The van der Waals surface area contributed by atoms with Gasteiger partial charge in [0.1, 0.15) is 0 Å². The van der Waals surface area contributed by atoms with Crippen molar-refractivity contribution in [1.29, 1.82) is 0 Å². The molecule has 0 saturated heterocycles. The Kier molecular flexibility index (Phi) is 2.19. The lowest BCUT2D eigenvalue weighted by molar-refractivity contribution is 0.360. The van der Waals surface area contributed by atoms with Crippen LogP contribution in [0.2, 0.25) is 0 Å². The average molecular weight is 206 g/mol. The first kappa shape index (κ1) is 9.46. The standard InChI is InChI=1S/C11H14N2S/c1-11(2,3)13-10(4-6-12-13)9-5-7-14-8-9/h4-8H,1-3H3. The predicted octanol–water partition coefficient (Wildman–Crippen LogP) is 3.37. The number of nitrogens with zero attached hydrogens (tertiary/aromatic N) is 2. The first-order valence-corrected chi connectivity index (χ1v) is 5.60. The molecule has 74 valence electrons. The van der Waals surface area contributed by atoms with Crippen LogP contribution in [-0.4, -0.2) is 9.78 Å². The summed E-state index contributed by atoms with van der Waals surface area (Å²) in [6.07, 6.45) is 1.86. The summed E-state index contributed by atoms with van der Waals surface area (Å²) in [5, 5.41) is 8.61. The topological polar surface area (TPSA) is 17.8 Å². The third-order valence-electron chi connectivity index (χ3n) is 2.10. The summed E-state index contributed by atoms with van der Waals surface area (Å²) in [6.45, 7) is 6.49. The second-order valence-corrected chi connectivity index (χ2v) is 5.09. The minimum Gasteiger partial charge on any atom is -0.260 e. The zero-order valence-corrected chi connectivity index (χ0v) is 9.51. The maximum absolute atomic E-state index is 4.36. The number of aromatic nitrogens is 2. The highest BCUT2D eigenvalue weighted by atomic mass is 32.1. The largest absolute Gasteiger partial charge is 0.260 e. The van der Waals surface area contributed by atoms with E-state index < -0.39 is 0 Å². The van der Waals surface area contributed by atoms with E-state index in [1.54, 1.807) is 11.3 Å². The van der Waals surface area contributed by atoms with Crippen molar-refractivity contribution in [2.24, 2.45) is 0 Å². The van der Waals surface area contributed by atoms with Crippen molar-refractivity contribution in [2.75, 3.05) is 0 Å². The molecule has 0 atom stereocenters. The van der Waals surface area contributed by atoms with Crippen LogP contribution in [0.25, 0.3) is 11.3 Å². The summed E-state index contributed by atoms with van der Waals surface area (Å²) in [5.41, 5.74) is 2.49. The van der Waals surface area contributed by atoms with Gasteiger partial charge in [0.2, 0.25) is 0 Å². The maximum Gasteiger partial charge on any atom is 0.0696 e. The van der Waals surface area contributed by atoms with E-state index in [1.807, 2.05) is 6.20 Å². The van der Waals surface area contributed by atoms with Crippen LogP contribution in [0, 0.1) is 0 Å². The highest BCUT2D eigenvalue weighted by Crippen LogP contribution is 2.26. The predicted molar refractivity (Wildman–Crippen MR) is 60.5 cm³/mol. The lowest BCUT2D eigenvalue weighted by Crippen LogP contribution is -2.23. The fourth-order valence-electron chi connectivity index (χ4n) is 1.47. The molecule has 0 amide bonds. The van der Waals surface area contributed by atoms with E-state index in [2.05, 4.69) is 53.4 Å². The first-order valence-electron chi connectivity index (χ1n) is 4.66. The molecule has 0 radical (unpaired) electrons. The molecule has 0 bridgehead atoms. The molecule has 2 aromatic rings. The molecule has 0 aliphatic carbocycles. The van der Waals surface area contributed by atoms with Crippen molar-refractivity contribution < 1.29 is 0 Å². The van der Waals surface area contributed by atoms with Crippen molar-refractivity contribution in [3.8, 4) is 11.3 Å². The highest BCUT2D eigenvalue weighted by Gasteiger charge is 2.17. The lowest BCUT2D eigenvalue weighted by atomic mass is 10.1. The van der Waals surface area contributed by atoms with Gasteiger partial charge in [0.25, 0.3) is 0 Å². The van der Waals surface area contributed by atoms with E-state index in [0.29, 0.717) is 0 Å². The maximum atomic E-state index is 4.36. The fourth-order valence-corrected chi connectivity index (χ4v) is 2.12. The molecule has 2 rings (SSSR count). The molecule has 2 nitrogen and oxygen atoms in total. The molecule has 0 fully saturated rings. The Morgan fingerprint density at radius 1 is 1.29 bits per heavy atom. The second-order valence-electron chi connectivity index (χ2n) is 4.31. The van der Waals surface area contributed by atoms with Gasteiger partial charge in [-0.1, -0.05) is 0 Å². The summed E-state index contributed by atoms with van der Waals surface area (Å²) < 4.78 is 2.06. The van der Waals surface area contributed by atoms with Crippen molar-refractivity contribution in [1.82, 2.24) is 9.78 Å². The smallest absolute Gasteiger partial charge is 0.0696 e. The molecule has 2 heterocycles. The minimum absolute atomic E-state index is 0.0424. The van der Waals surface area contributed by atoms with Crippen molar-refractivity contribution in [3.05, 3.63) is 29.1 Å². The molecule has 0 saturated carbocycles. The van der Waals surface area contributed by atoms with Gasteiger partial charge in [-0.05, 0) is 38.3 Å². The van der Waals surface area contributed by atoms with E-state index in [4.69, 9.17) is 0 Å². The van der Waals surface area contributed by atoms with Crippen molar-refractivity contribution >= 4 is 11.3 Å². The third kappa shape index (κ3) is 1.60. The SMILES string of the molecule is CC(C)(C)n1nccc1-c1ccsc1. The molecule has 14 heavy (non-hydrogen) atoms. The van der Waals surface area contributed by atoms with Gasteiger partial charge in [-0.25, -0.2) is 0 Å². The van der Waals surface area contributed by atoms with Crippen LogP contribution in [0.3, 0.4) is 0 Å². The van der Waals surface area contributed by atoms with E-state index in [-0.39, 0.29) is 5.54 Å². The summed E-state index contributed by atoms with van der Waals surface area (Å²) in [4.78, 5) is 0. The molecular weight excluding hydrogens is 192 g/mol. The van der Waals surface area contributed by atoms with Gasteiger partial charge < -0.3 is 0 Å². The summed E-state index contributed by atoms with van der Waals surface area (Å²) >= 11 is 1.72. The molecule has 0 aliphatic heterocycles. The molecular formula is C11H14N2S. The minimum atomic E-state index is 0.0424. The van der Waals surface area contributed by atoms with Gasteiger partial charge in [-0.2, -0.15) is 16.4 Å². The first-order chi connectivity index (χ1) is 6.59. The molecule has 0 unspecified atom stereocenters. The van der Waals surface area contributed by atoms with Gasteiger partial charge in [-0.3, -0.25) is 4.68 Å². The number of hydrogen-bond acceptors (Lipinski definition) is 2. The Labute approximate surface area is 88.2 Å². The summed E-state index contributed by atoms with van der Waals surface area (Å²) in [6, 6.07) is 4.19. The van der Waals surface area contributed by atoms with Crippen LogP contribution < -0.4 is 0 Å². The number of thiophene rings is 1. The van der Waals surface area contributed by atoms with Crippen LogP contribution in [-0.2, 0) is 5.54 Å². The lowest BCUT2D eigenvalue weighted by Gasteiger charge is -2.22. The summed E-state index contributed by atoms with van der Waals surface area (Å²) in [7, 11) is 0. The van der Waals surface area contributed by atoms with E-state index in [9.17, 15) is 0 Å². The van der Waals surface area contributed by atoms with Gasteiger partial charge >= 0.3 is 0 Å². The Morgan fingerprint density at radius 3 is 2.64 bits per heavy atom.